The van der Waals surface area contributed by atoms with Gasteiger partial charge in [0.05, 0.1) is 13.2 Å². The number of pyridine rings is 1. The van der Waals surface area contributed by atoms with Crippen LogP contribution in [0.15, 0.2) is 18.2 Å². The molecule has 1 fully saturated rings. The van der Waals surface area contributed by atoms with Crippen LogP contribution in [0.5, 0.6) is 0 Å². The molecule has 1 saturated heterocycles. The van der Waals surface area contributed by atoms with Crippen molar-refractivity contribution in [1.29, 1.82) is 0 Å². The lowest BCUT2D eigenvalue weighted by Gasteiger charge is -2.41. The third-order valence-corrected chi connectivity index (χ3v) is 3.98. The zero-order valence-corrected chi connectivity index (χ0v) is 13.4. The SMILES string of the molecule is CCOC(=O)C1(COC)CCCN(c2cccc(C(=O)O)n2)C1. The molecule has 1 aliphatic heterocycles. The highest BCUT2D eigenvalue weighted by Gasteiger charge is 2.44. The van der Waals surface area contributed by atoms with Crippen LogP contribution in [0.3, 0.4) is 0 Å². The molecule has 2 heterocycles. The van der Waals surface area contributed by atoms with Crippen molar-refractivity contribution in [2.75, 3.05) is 38.3 Å². The maximum Gasteiger partial charge on any atom is 0.354 e. The number of carboxylic acids is 1. The maximum atomic E-state index is 12.4. The summed E-state index contributed by atoms with van der Waals surface area (Å²) in [4.78, 5) is 29.6. The average Bonchev–Trinajstić information content (AvgIpc) is 2.55. The van der Waals surface area contributed by atoms with Gasteiger partial charge in [0.1, 0.15) is 11.2 Å². The van der Waals surface area contributed by atoms with Crippen LogP contribution in [0, 0.1) is 5.41 Å². The highest BCUT2D eigenvalue weighted by Crippen LogP contribution is 2.34. The van der Waals surface area contributed by atoms with Crippen molar-refractivity contribution in [2.45, 2.75) is 19.8 Å². The van der Waals surface area contributed by atoms with Crippen molar-refractivity contribution in [2.24, 2.45) is 5.41 Å². The number of carbonyl (C=O) groups excluding carboxylic acids is 1. The second-order valence-corrected chi connectivity index (χ2v) is 5.65. The minimum atomic E-state index is -1.07. The molecule has 0 spiro atoms. The Morgan fingerprint density at radius 1 is 1.43 bits per heavy atom. The number of nitrogens with zero attached hydrogens (tertiary/aromatic N) is 2. The summed E-state index contributed by atoms with van der Waals surface area (Å²) in [6, 6.07) is 4.85. The number of anilines is 1. The van der Waals surface area contributed by atoms with E-state index in [1.807, 2.05) is 4.90 Å². The summed E-state index contributed by atoms with van der Waals surface area (Å²) in [5, 5.41) is 9.08. The first-order valence-electron chi connectivity index (χ1n) is 7.64. The number of aromatic nitrogens is 1. The van der Waals surface area contributed by atoms with E-state index in [-0.39, 0.29) is 18.3 Å². The molecule has 0 saturated carbocycles. The molecule has 0 radical (unpaired) electrons. The van der Waals surface area contributed by atoms with Crippen LogP contribution in [0.1, 0.15) is 30.3 Å². The summed E-state index contributed by atoms with van der Waals surface area (Å²) in [5.74, 6) is -0.798. The Labute approximate surface area is 135 Å². The molecule has 23 heavy (non-hydrogen) atoms. The Kier molecular flexibility index (Phi) is 5.54. The van der Waals surface area contributed by atoms with Gasteiger partial charge in [-0.3, -0.25) is 4.79 Å². The third kappa shape index (κ3) is 3.79. The lowest BCUT2D eigenvalue weighted by Crippen LogP contribution is -2.51. The summed E-state index contributed by atoms with van der Waals surface area (Å²) < 4.78 is 10.5. The van der Waals surface area contributed by atoms with Crippen molar-refractivity contribution in [3.05, 3.63) is 23.9 Å². The quantitative estimate of drug-likeness (QED) is 0.795. The summed E-state index contributed by atoms with van der Waals surface area (Å²) in [7, 11) is 1.56. The topological polar surface area (TPSA) is 89.0 Å². The van der Waals surface area contributed by atoms with E-state index in [2.05, 4.69) is 4.98 Å². The third-order valence-electron chi connectivity index (χ3n) is 3.98. The van der Waals surface area contributed by atoms with Gasteiger partial charge in [0, 0.05) is 20.2 Å². The molecule has 126 valence electrons. The molecular formula is C16H22N2O5. The summed E-state index contributed by atoms with van der Waals surface area (Å²) in [6.07, 6.45) is 1.45. The van der Waals surface area contributed by atoms with Crippen LogP contribution < -0.4 is 4.90 Å². The van der Waals surface area contributed by atoms with Gasteiger partial charge in [-0.2, -0.15) is 0 Å². The van der Waals surface area contributed by atoms with E-state index < -0.39 is 11.4 Å². The van der Waals surface area contributed by atoms with Crippen molar-refractivity contribution < 1.29 is 24.2 Å². The van der Waals surface area contributed by atoms with Gasteiger partial charge < -0.3 is 19.5 Å². The molecule has 1 aliphatic rings. The fraction of sp³-hybridized carbons (Fsp3) is 0.562. The van der Waals surface area contributed by atoms with Gasteiger partial charge in [0.25, 0.3) is 0 Å². The summed E-state index contributed by atoms with van der Waals surface area (Å²) in [6.45, 7) is 3.46. The van der Waals surface area contributed by atoms with E-state index in [1.54, 1.807) is 26.2 Å². The first kappa shape index (κ1) is 17.2. The molecule has 7 nitrogen and oxygen atoms in total. The minimum absolute atomic E-state index is 0.0125. The molecule has 0 aliphatic carbocycles. The van der Waals surface area contributed by atoms with Gasteiger partial charge in [0.15, 0.2) is 5.69 Å². The van der Waals surface area contributed by atoms with Gasteiger partial charge in [0.2, 0.25) is 0 Å². The Balaban J connectivity index is 2.25. The molecule has 1 atom stereocenters. The van der Waals surface area contributed by atoms with Crippen LogP contribution in [0.4, 0.5) is 5.82 Å². The summed E-state index contributed by atoms with van der Waals surface area (Å²) in [5.41, 5.74) is -0.759. The van der Waals surface area contributed by atoms with E-state index in [9.17, 15) is 9.59 Å². The fourth-order valence-electron chi connectivity index (χ4n) is 2.95. The number of esters is 1. The molecule has 7 heteroatoms. The summed E-state index contributed by atoms with van der Waals surface area (Å²) >= 11 is 0. The first-order valence-corrected chi connectivity index (χ1v) is 7.64. The number of ether oxygens (including phenoxy) is 2. The standard InChI is InChI=1S/C16H22N2O5/c1-3-23-15(21)16(11-22-2)8-5-9-18(10-16)13-7-4-6-12(17-13)14(19)20/h4,6-7H,3,5,8-11H2,1-2H3,(H,19,20). The molecule has 1 aromatic heterocycles. The molecule has 1 unspecified atom stereocenters. The Bertz CT molecular complexity index is 573. The van der Waals surface area contributed by atoms with Crippen molar-refractivity contribution in [3.63, 3.8) is 0 Å². The van der Waals surface area contributed by atoms with E-state index in [0.29, 0.717) is 31.9 Å². The minimum Gasteiger partial charge on any atom is -0.477 e. The number of hydrogen-bond acceptors (Lipinski definition) is 6. The number of aromatic carboxylic acids is 1. The maximum absolute atomic E-state index is 12.4. The zero-order valence-electron chi connectivity index (χ0n) is 13.4. The van der Waals surface area contributed by atoms with Gasteiger partial charge >= 0.3 is 11.9 Å². The molecule has 2 rings (SSSR count). The second kappa shape index (κ2) is 7.41. The lowest BCUT2D eigenvalue weighted by molar-refractivity contribution is -0.159. The normalized spacial score (nSPS) is 21.0. The number of rotatable bonds is 6. The van der Waals surface area contributed by atoms with E-state index in [1.165, 1.54) is 6.07 Å². The van der Waals surface area contributed by atoms with Crippen LogP contribution in [0.25, 0.3) is 0 Å². The number of methoxy groups -OCH3 is 1. The number of piperidine rings is 1. The molecule has 1 aromatic rings. The highest BCUT2D eigenvalue weighted by molar-refractivity contribution is 5.85. The molecule has 1 N–H and O–H groups in total. The largest absolute Gasteiger partial charge is 0.477 e. The first-order chi connectivity index (χ1) is 11.0. The van der Waals surface area contributed by atoms with Crippen LogP contribution in [-0.4, -0.2) is 55.4 Å². The zero-order chi connectivity index (χ0) is 16.9. The Morgan fingerprint density at radius 3 is 2.87 bits per heavy atom. The fourth-order valence-corrected chi connectivity index (χ4v) is 2.95. The van der Waals surface area contributed by atoms with Gasteiger partial charge in [-0.15, -0.1) is 0 Å². The van der Waals surface area contributed by atoms with Crippen molar-refractivity contribution >= 4 is 17.8 Å². The van der Waals surface area contributed by atoms with Crippen molar-refractivity contribution in [1.82, 2.24) is 4.98 Å². The van der Waals surface area contributed by atoms with Gasteiger partial charge in [-0.1, -0.05) is 6.07 Å². The van der Waals surface area contributed by atoms with E-state index >= 15 is 0 Å². The Morgan fingerprint density at radius 2 is 2.22 bits per heavy atom. The van der Waals surface area contributed by atoms with Gasteiger partial charge in [-0.25, -0.2) is 9.78 Å². The predicted octanol–water partition coefficient (Wildman–Crippen LogP) is 1.58. The second-order valence-electron chi connectivity index (χ2n) is 5.65. The number of carboxylic acid groups (broad SMARTS) is 1. The Hall–Kier alpha value is -2.15. The smallest absolute Gasteiger partial charge is 0.354 e. The highest BCUT2D eigenvalue weighted by atomic mass is 16.5. The van der Waals surface area contributed by atoms with Crippen LogP contribution >= 0.6 is 0 Å². The molecular weight excluding hydrogens is 300 g/mol. The van der Waals surface area contributed by atoms with Crippen LogP contribution in [0.2, 0.25) is 0 Å². The monoisotopic (exact) mass is 322 g/mol. The molecule has 0 amide bonds. The number of carbonyl (C=O) groups is 2. The molecule has 0 bridgehead atoms. The number of hydrogen-bond donors (Lipinski definition) is 1. The lowest BCUT2D eigenvalue weighted by atomic mass is 9.80. The molecule has 0 aromatic carbocycles. The van der Waals surface area contributed by atoms with Gasteiger partial charge in [-0.05, 0) is 31.9 Å². The average molecular weight is 322 g/mol. The van der Waals surface area contributed by atoms with E-state index in [4.69, 9.17) is 14.6 Å². The predicted molar refractivity (Wildman–Crippen MR) is 83.6 cm³/mol. The van der Waals surface area contributed by atoms with Crippen molar-refractivity contribution in [3.8, 4) is 0 Å². The van der Waals surface area contributed by atoms with E-state index in [0.717, 1.165) is 6.42 Å². The van der Waals surface area contributed by atoms with Crippen LogP contribution in [-0.2, 0) is 14.3 Å².